The van der Waals surface area contributed by atoms with Crippen molar-refractivity contribution >= 4 is 15.2 Å². The molecule has 0 saturated heterocycles. The van der Waals surface area contributed by atoms with Crippen molar-refractivity contribution in [2.45, 2.75) is 13.8 Å². The smallest absolute Gasteiger partial charge is 0.131 e. The number of nitrogens with one attached hydrogen (secondary N) is 1. The van der Waals surface area contributed by atoms with Crippen molar-refractivity contribution in [3.63, 3.8) is 0 Å². The minimum Gasteiger partial charge on any atom is -0.354 e. The molecular weight excluding hydrogens is 143 g/mol. The number of pyridine rings is 1. The second-order valence-electron chi connectivity index (χ2n) is 2.25. The molecule has 0 aliphatic heterocycles. The predicted octanol–water partition coefficient (Wildman–Crippen LogP) is 1.90. The molecule has 1 aromatic rings. The van der Waals surface area contributed by atoms with E-state index in [1.165, 1.54) is 11.1 Å². The fourth-order valence-corrected chi connectivity index (χ4v) is 1.07. The molecule has 0 saturated carbocycles. The summed E-state index contributed by atoms with van der Waals surface area (Å²) in [6.07, 6.45) is 1.80. The fraction of sp³-hybridized carbons (Fsp3) is 0.286. The molecule has 0 fully saturated rings. The Morgan fingerprint density at radius 3 is 2.70 bits per heavy atom. The van der Waals surface area contributed by atoms with Gasteiger partial charge in [-0.15, -0.1) is 0 Å². The Balaban J connectivity index is 3.14. The van der Waals surface area contributed by atoms with E-state index in [2.05, 4.69) is 33.3 Å². The van der Waals surface area contributed by atoms with Crippen LogP contribution in [0.4, 0.5) is 5.82 Å². The molecule has 0 aliphatic carbocycles. The van der Waals surface area contributed by atoms with E-state index in [1.807, 2.05) is 6.07 Å². The molecule has 0 radical (unpaired) electrons. The van der Waals surface area contributed by atoms with Crippen molar-refractivity contribution in [1.82, 2.24) is 4.98 Å². The summed E-state index contributed by atoms with van der Waals surface area (Å²) < 4.78 is 0. The zero-order valence-electron chi connectivity index (χ0n) is 6.18. The number of rotatable bonds is 1. The topological polar surface area (TPSA) is 24.9 Å². The number of aromatic nitrogens is 1. The summed E-state index contributed by atoms with van der Waals surface area (Å²) in [5.41, 5.74) is 2.47. The van der Waals surface area contributed by atoms with E-state index in [0.717, 1.165) is 5.82 Å². The van der Waals surface area contributed by atoms with E-state index >= 15 is 0 Å². The van der Waals surface area contributed by atoms with E-state index in [4.69, 9.17) is 0 Å². The van der Waals surface area contributed by atoms with Gasteiger partial charge in [0.2, 0.25) is 0 Å². The zero-order valence-corrected chi connectivity index (χ0v) is 7.33. The van der Waals surface area contributed by atoms with E-state index in [-0.39, 0.29) is 0 Å². The standard InChI is InChI=1S/C7H11N2P/c1-5-3-4-8-7(9-10)6(5)2/h3-4H,10H2,1-2H3,(H,8,9). The molecule has 1 rings (SSSR count). The molecule has 1 aromatic heterocycles. The average molecular weight is 154 g/mol. The van der Waals surface area contributed by atoms with Crippen LogP contribution in [0.1, 0.15) is 11.1 Å². The molecule has 0 spiro atoms. The van der Waals surface area contributed by atoms with Crippen LogP contribution >= 0.6 is 9.39 Å². The third-order valence-corrected chi connectivity index (χ3v) is 1.89. The third kappa shape index (κ3) is 1.27. The molecule has 1 heterocycles. The molecule has 1 atom stereocenters. The Kier molecular flexibility index (Phi) is 2.23. The molecule has 2 nitrogen and oxygen atoms in total. The first-order valence-corrected chi connectivity index (χ1v) is 3.72. The van der Waals surface area contributed by atoms with Crippen LogP contribution in [0.5, 0.6) is 0 Å². The van der Waals surface area contributed by atoms with Gasteiger partial charge in [0.1, 0.15) is 5.82 Å². The van der Waals surface area contributed by atoms with Crippen molar-refractivity contribution in [1.29, 1.82) is 0 Å². The Morgan fingerprint density at radius 1 is 1.50 bits per heavy atom. The maximum Gasteiger partial charge on any atom is 0.131 e. The summed E-state index contributed by atoms with van der Waals surface area (Å²) in [5, 5.41) is 2.94. The van der Waals surface area contributed by atoms with E-state index in [9.17, 15) is 0 Å². The minimum atomic E-state index is 0.935. The largest absolute Gasteiger partial charge is 0.354 e. The van der Waals surface area contributed by atoms with Gasteiger partial charge in [0, 0.05) is 6.20 Å². The summed E-state index contributed by atoms with van der Waals surface area (Å²) in [5.74, 6) is 0.935. The van der Waals surface area contributed by atoms with Gasteiger partial charge in [-0.1, -0.05) is 0 Å². The molecule has 0 aromatic carbocycles. The van der Waals surface area contributed by atoms with Gasteiger partial charge >= 0.3 is 0 Å². The number of anilines is 1. The SMILES string of the molecule is Cc1ccnc(NP)c1C. The molecule has 10 heavy (non-hydrogen) atoms. The first-order chi connectivity index (χ1) is 4.75. The highest BCUT2D eigenvalue weighted by Crippen LogP contribution is 2.15. The van der Waals surface area contributed by atoms with Gasteiger partial charge in [0.25, 0.3) is 0 Å². The second-order valence-corrected chi connectivity index (χ2v) is 2.53. The Bertz CT molecular complexity index is 235. The molecule has 54 valence electrons. The van der Waals surface area contributed by atoms with Crippen LogP contribution < -0.4 is 5.09 Å². The Morgan fingerprint density at radius 2 is 2.20 bits per heavy atom. The van der Waals surface area contributed by atoms with Gasteiger partial charge in [-0.2, -0.15) is 0 Å². The molecule has 0 amide bonds. The molecule has 1 N–H and O–H groups in total. The highest BCUT2D eigenvalue weighted by molar-refractivity contribution is 7.18. The van der Waals surface area contributed by atoms with Crippen molar-refractivity contribution in [3.05, 3.63) is 23.4 Å². The van der Waals surface area contributed by atoms with Crippen LogP contribution in [0.2, 0.25) is 0 Å². The summed E-state index contributed by atoms with van der Waals surface area (Å²) in [7, 11) is 2.44. The lowest BCUT2D eigenvalue weighted by molar-refractivity contribution is 1.23. The van der Waals surface area contributed by atoms with Gasteiger partial charge in [-0.3, -0.25) is 0 Å². The molecule has 0 bridgehead atoms. The lowest BCUT2D eigenvalue weighted by Gasteiger charge is -2.04. The minimum absolute atomic E-state index is 0.935. The number of hydrogen-bond donors (Lipinski definition) is 1. The average Bonchev–Trinajstić information content (AvgIpc) is 1.95. The maximum absolute atomic E-state index is 4.13. The number of hydrogen-bond acceptors (Lipinski definition) is 2. The summed E-state index contributed by atoms with van der Waals surface area (Å²) >= 11 is 0. The number of aryl methyl sites for hydroxylation is 1. The summed E-state index contributed by atoms with van der Waals surface area (Å²) in [6.45, 7) is 4.12. The summed E-state index contributed by atoms with van der Waals surface area (Å²) in [4.78, 5) is 4.13. The molecular formula is C7H11N2P. The van der Waals surface area contributed by atoms with E-state index in [1.54, 1.807) is 6.20 Å². The quantitative estimate of drug-likeness (QED) is 0.625. The Labute approximate surface area is 63.3 Å². The highest BCUT2D eigenvalue weighted by Gasteiger charge is 1.97. The maximum atomic E-state index is 4.13. The van der Waals surface area contributed by atoms with Crippen molar-refractivity contribution in [2.24, 2.45) is 0 Å². The first kappa shape index (κ1) is 7.49. The van der Waals surface area contributed by atoms with Crippen LogP contribution in [-0.4, -0.2) is 4.98 Å². The van der Waals surface area contributed by atoms with Gasteiger partial charge in [0.15, 0.2) is 0 Å². The van der Waals surface area contributed by atoms with Crippen LogP contribution in [0.3, 0.4) is 0 Å². The predicted molar refractivity (Wildman–Crippen MR) is 47.0 cm³/mol. The summed E-state index contributed by atoms with van der Waals surface area (Å²) in [6, 6.07) is 2.00. The van der Waals surface area contributed by atoms with Gasteiger partial charge in [-0.25, -0.2) is 4.98 Å². The van der Waals surface area contributed by atoms with Gasteiger partial charge in [0.05, 0.1) is 0 Å². The monoisotopic (exact) mass is 154 g/mol. The van der Waals surface area contributed by atoms with Crippen LogP contribution in [0.25, 0.3) is 0 Å². The lowest BCUT2D eigenvalue weighted by Crippen LogP contribution is -1.91. The number of nitrogens with zero attached hydrogens (tertiary/aromatic N) is 1. The highest BCUT2D eigenvalue weighted by atomic mass is 31.0. The zero-order chi connectivity index (χ0) is 7.56. The van der Waals surface area contributed by atoms with E-state index in [0.29, 0.717) is 0 Å². The van der Waals surface area contributed by atoms with Crippen LogP contribution in [0, 0.1) is 13.8 Å². The van der Waals surface area contributed by atoms with E-state index < -0.39 is 0 Å². The third-order valence-electron chi connectivity index (χ3n) is 1.61. The van der Waals surface area contributed by atoms with Crippen molar-refractivity contribution in [2.75, 3.05) is 5.09 Å². The fourth-order valence-electron chi connectivity index (χ4n) is 0.778. The van der Waals surface area contributed by atoms with Gasteiger partial charge < -0.3 is 5.09 Å². The molecule has 0 aliphatic rings. The van der Waals surface area contributed by atoms with Crippen LogP contribution in [0.15, 0.2) is 12.3 Å². The van der Waals surface area contributed by atoms with Crippen molar-refractivity contribution < 1.29 is 0 Å². The second kappa shape index (κ2) is 2.98. The molecule has 3 heteroatoms. The van der Waals surface area contributed by atoms with Crippen molar-refractivity contribution in [3.8, 4) is 0 Å². The molecule has 1 unspecified atom stereocenters. The van der Waals surface area contributed by atoms with Crippen LogP contribution in [-0.2, 0) is 0 Å². The Hall–Kier alpha value is -0.620. The first-order valence-electron chi connectivity index (χ1n) is 3.14. The lowest BCUT2D eigenvalue weighted by atomic mass is 10.2. The normalized spacial score (nSPS) is 9.50. The van der Waals surface area contributed by atoms with Gasteiger partial charge in [-0.05, 0) is 40.4 Å².